The van der Waals surface area contributed by atoms with E-state index in [4.69, 9.17) is 0 Å². The first kappa shape index (κ1) is 15.9. The van der Waals surface area contributed by atoms with Gasteiger partial charge >= 0.3 is 0 Å². The van der Waals surface area contributed by atoms with Crippen LogP contribution in [0.2, 0.25) is 0 Å². The topological polar surface area (TPSA) is 46.2 Å². The Morgan fingerprint density at radius 1 is 1.10 bits per heavy atom. The number of hydrogen-bond donors (Lipinski definition) is 1. The van der Waals surface area contributed by atoms with Gasteiger partial charge in [0.05, 0.1) is 4.90 Å². The lowest BCUT2D eigenvalue weighted by molar-refractivity contribution is 0.602. The van der Waals surface area contributed by atoms with Gasteiger partial charge in [-0.2, -0.15) is 0 Å². The average Bonchev–Trinajstić information content (AvgIpc) is 2.45. The number of aryl methyl sites for hydroxylation is 1. The summed E-state index contributed by atoms with van der Waals surface area (Å²) in [4.78, 5) is 1.57. The summed E-state index contributed by atoms with van der Waals surface area (Å²) in [6, 6.07) is 13.5. The second-order valence-electron chi connectivity index (χ2n) is 4.95. The molecule has 5 heteroatoms. The zero-order valence-electron chi connectivity index (χ0n) is 12.4. The van der Waals surface area contributed by atoms with E-state index >= 15 is 0 Å². The molecule has 0 spiro atoms. The molecule has 2 aromatic carbocycles. The second-order valence-corrected chi connectivity index (χ2v) is 7.85. The molecular formula is C16H19NO2S2. The highest BCUT2D eigenvalue weighted by Gasteiger charge is 2.09. The normalized spacial score (nSPS) is 11.4. The van der Waals surface area contributed by atoms with E-state index in [1.54, 1.807) is 23.9 Å². The minimum absolute atomic E-state index is 0.341. The Balaban J connectivity index is 2.15. The quantitative estimate of drug-likeness (QED) is 0.852. The Kier molecular flexibility index (Phi) is 4.96. The van der Waals surface area contributed by atoms with E-state index in [9.17, 15) is 8.42 Å². The molecule has 0 atom stereocenters. The molecule has 0 radical (unpaired) electrons. The molecule has 0 unspecified atom stereocenters. The molecule has 0 aliphatic rings. The first-order valence-corrected chi connectivity index (χ1v) is 9.69. The van der Waals surface area contributed by atoms with Gasteiger partial charge in [0.25, 0.3) is 0 Å². The minimum atomic E-state index is -3.18. The highest BCUT2D eigenvalue weighted by atomic mass is 32.2. The largest absolute Gasteiger partial charge is 0.381 e. The maximum absolute atomic E-state index is 11.6. The lowest BCUT2D eigenvalue weighted by atomic mass is 10.2. The molecule has 2 rings (SSSR count). The molecule has 0 aromatic heterocycles. The van der Waals surface area contributed by atoms with Crippen molar-refractivity contribution >= 4 is 27.3 Å². The number of hydrogen-bond acceptors (Lipinski definition) is 4. The molecule has 0 aliphatic heterocycles. The van der Waals surface area contributed by atoms with E-state index in [1.807, 2.05) is 19.2 Å². The number of nitrogens with one attached hydrogen (secondary N) is 1. The molecule has 3 nitrogen and oxygen atoms in total. The number of sulfone groups is 1. The molecule has 21 heavy (non-hydrogen) atoms. The van der Waals surface area contributed by atoms with Crippen molar-refractivity contribution in [3.8, 4) is 0 Å². The minimum Gasteiger partial charge on any atom is -0.381 e. The van der Waals surface area contributed by atoms with Crippen LogP contribution >= 0.6 is 11.8 Å². The molecule has 112 valence electrons. The third kappa shape index (κ3) is 4.25. The van der Waals surface area contributed by atoms with Gasteiger partial charge in [0.15, 0.2) is 9.84 Å². The fourth-order valence-corrected chi connectivity index (χ4v) is 3.02. The van der Waals surface area contributed by atoms with Crippen LogP contribution in [0, 0.1) is 6.92 Å². The monoisotopic (exact) mass is 321 g/mol. The van der Waals surface area contributed by atoms with Crippen LogP contribution in [0.15, 0.2) is 52.3 Å². The van der Waals surface area contributed by atoms with Crippen LogP contribution in [0.4, 0.5) is 5.69 Å². The predicted molar refractivity (Wildman–Crippen MR) is 89.8 cm³/mol. The Bertz CT molecular complexity index is 722. The summed E-state index contributed by atoms with van der Waals surface area (Å²) >= 11 is 1.71. The average molecular weight is 321 g/mol. The number of benzene rings is 2. The molecule has 0 heterocycles. The number of thioether (sulfide) groups is 1. The van der Waals surface area contributed by atoms with Crippen LogP contribution in [0.1, 0.15) is 11.1 Å². The third-order valence-corrected chi connectivity index (χ3v) is 5.13. The Hall–Kier alpha value is -1.46. The maximum Gasteiger partial charge on any atom is 0.175 e. The van der Waals surface area contributed by atoms with Gasteiger partial charge in [-0.15, -0.1) is 11.8 Å². The van der Waals surface area contributed by atoms with Crippen LogP contribution < -0.4 is 5.32 Å². The summed E-state index contributed by atoms with van der Waals surface area (Å²) in [6.07, 6.45) is 3.27. The smallest absolute Gasteiger partial charge is 0.175 e. The van der Waals surface area contributed by atoms with Crippen LogP contribution in [0.5, 0.6) is 0 Å². The molecule has 2 aromatic rings. The highest BCUT2D eigenvalue weighted by Crippen LogP contribution is 2.21. The van der Waals surface area contributed by atoms with Gasteiger partial charge in [0, 0.05) is 23.4 Å². The van der Waals surface area contributed by atoms with E-state index in [0.717, 1.165) is 16.8 Å². The van der Waals surface area contributed by atoms with Gasteiger partial charge < -0.3 is 5.32 Å². The summed E-state index contributed by atoms with van der Waals surface area (Å²) in [5, 5.41) is 3.31. The zero-order chi connectivity index (χ0) is 15.5. The summed E-state index contributed by atoms with van der Waals surface area (Å²) in [5.74, 6) is 0. The van der Waals surface area contributed by atoms with Gasteiger partial charge in [-0.3, -0.25) is 0 Å². The fourth-order valence-electron chi connectivity index (χ4n) is 1.96. The van der Waals surface area contributed by atoms with Crippen molar-refractivity contribution in [1.82, 2.24) is 0 Å². The van der Waals surface area contributed by atoms with Crippen LogP contribution in [-0.2, 0) is 16.4 Å². The third-order valence-electron chi connectivity index (χ3n) is 3.28. The molecule has 0 saturated heterocycles. The number of anilines is 1. The first-order chi connectivity index (χ1) is 9.90. The molecule has 0 fully saturated rings. The first-order valence-electron chi connectivity index (χ1n) is 6.57. The molecular weight excluding hydrogens is 302 g/mol. The summed E-state index contributed by atoms with van der Waals surface area (Å²) in [5.41, 5.74) is 3.05. The van der Waals surface area contributed by atoms with E-state index in [2.05, 4.69) is 29.6 Å². The highest BCUT2D eigenvalue weighted by molar-refractivity contribution is 7.98. The fraction of sp³-hybridized carbons (Fsp3) is 0.250. The van der Waals surface area contributed by atoms with Crippen molar-refractivity contribution in [2.24, 2.45) is 0 Å². The summed E-state index contributed by atoms with van der Waals surface area (Å²) in [7, 11) is -3.18. The Morgan fingerprint density at radius 3 is 2.33 bits per heavy atom. The van der Waals surface area contributed by atoms with Crippen LogP contribution in [0.25, 0.3) is 0 Å². The SMILES string of the molecule is CSc1ccc(CNc2cc(S(C)(=O)=O)ccc2C)cc1. The van der Waals surface area contributed by atoms with E-state index in [0.29, 0.717) is 11.4 Å². The molecule has 1 N–H and O–H groups in total. The van der Waals surface area contributed by atoms with E-state index in [1.165, 1.54) is 11.2 Å². The van der Waals surface area contributed by atoms with Gasteiger partial charge in [-0.25, -0.2) is 8.42 Å². The zero-order valence-corrected chi connectivity index (χ0v) is 14.0. The van der Waals surface area contributed by atoms with Gasteiger partial charge in [0.1, 0.15) is 0 Å². The standard InChI is InChI=1S/C16H19NO2S2/c1-12-4-9-15(21(3,18)19)10-16(12)17-11-13-5-7-14(20-2)8-6-13/h4-10,17H,11H2,1-3H3. The van der Waals surface area contributed by atoms with Crippen molar-refractivity contribution in [3.63, 3.8) is 0 Å². The van der Waals surface area contributed by atoms with Gasteiger partial charge in [-0.05, 0) is 48.6 Å². The lowest BCUT2D eigenvalue weighted by Gasteiger charge is -2.11. The van der Waals surface area contributed by atoms with E-state index < -0.39 is 9.84 Å². The Labute approximate surface area is 130 Å². The summed E-state index contributed by atoms with van der Waals surface area (Å²) in [6.45, 7) is 2.63. The second kappa shape index (κ2) is 6.54. The molecule has 0 aliphatic carbocycles. The van der Waals surface area contributed by atoms with E-state index in [-0.39, 0.29) is 0 Å². The van der Waals surface area contributed by atoms with Gasteiger partial charge in [0.2, 0.25) is 0 Å². The predicted octanol–water partition coefficient (Wildman–Crippen LogP) is 3.73. The van der Waals surface area contributed by atoms with Crippen LogP contribution in [0.3, 0.4) is 0 Å². The summed E-state index contributed by atoms with van der Waals surface area (Å²) < 4.78 is 23.2. The van der Waals surface area contributed by atoms with Crippen molar-refractivity contribution in [3.05, 3.63) is 53.6 Å². The molecule has 0 saturated carbocycles. The molecule has 0 bridgehead atoms. The lowest BCUT2D eigenvalue weighted by Crippen LogP contribution is -2.03. The number of rotatable bonds is 5. The maximum atomic E-state index is 11.6. The Morgan fingerprint density at radius 2 is 1.76 bits per heavy atom. The van der Waals surface area contributed by atoms with Crippen molar-refractivity contribution < 1.29 is 8.42 Å². The van der Waals surface area contributed by atoms with Crippen molar-refractivity contribution in [1.29, 1.82) is 0 Å². The van der Waals surface area contributed by atoms with Gasteiger partial charge in [-0.1, -0.05) is 18.2 Å². The van der Waals surface area contributed by atoms with Crippen LogP contribution in [-0.4, -0.2) is 20.9 Å². The van der Waals surface area contributed by atoms with Crippen molar-refractivity contribution in [2.75, 3.05) is 17.8 Å². The molecule has 0 amide bonds. The van der Waals surface area contributed by atoms with Crippen molar-refractivity contribution in [2.45, 2.75) is 23.3 Å².